The largest absolute Gasteiger partial charge is 0.454 e. The minimum absolute atomic E-state index is 0.231. The molecule has 5 nitrogen and oxygen atoms in total. The Bertz CT molecular complexity index is 1010. The monoisotopic (exact) mass is 416 g/mol. The number of hydrogen-bond donors (Lipinski definition) is 1. The van der Waals surface area contributed by atoms with Gasteiger partial charge < -0.3 is 15.0 Å². The van der Waals surface area contributed by atoms with Crippen molar-refractivity contribution in [2.75, 3.05) is 12.3 Å². The van der Waals surface area contributed by atoms with Crippen LogP contribution in [0.5, 0.6) is 0 Å². The third kappa shape index (κ3) is 4.46. The lowest BCUT2D eigenvalue weighted by atomic mass is 10.1. The smallest absolute Gasteiger partial charge is 0.338 e. The number of aromatic nitrogens is 1. The summed E-state index contributed by atoms with van der Waals surface area (Å²) in [5.74, 6) is -0.839. The highest BCUT2D eigenvalue weighted by Gasteiger charge is 2.18. The number of nitrogen functional groups attached to an aromatic ring is 1. The molecular formula is C21H21ClN2O3S. The first-order valence-corrected chi connectivity index (χ1v) is 10.1. The summed E-state index contributed by atoms with van der Waals surface area (Å²) in [5, 5.41) is 2.42. The van der Waals surface area contributed by atoms with Crippen molar-refractivity contribution in [3.8, 4) is 0 Å². The predicted octanol–water partition coefficient (Wildman–Crippen LogP) is 4.68. The Labute approximate surface area is 172 Å². The molecule has 146 valence electrons. The van der Waals surface area contributed by atoms with Gasteiger partial charge in [0.25, 0.3) is 0 Å². The Kier molecular flexibility index (Phi) is 6.21. The van der Waals surface area contributed by atoms with E-state index in [1.54, 1.807) is 11.3 Å². The van der Waals surface area contributed by atoms with Crippen LogP contribution in [0.25, 0.3) is 0 Å². The van der Waals surface area contributed by atoms with Crippen LogP contribution in [0.15, 0.2) is 41.8 Å². The van der Waals surface area contributed by atoms with Crippen molar-refractivity contribution in [3.63, 3.8) is 0 Å². The maximum atomic E-state index is 12.6. The molecule has 0 amide bonds. The number of nitrogens with zero attached hydrogens (tertiary/aromatic N) is 1. The average Bonchev–Trinajstić information content (AvgIpc) is 3.28. The number of carbonyl (C=O) groups excluding carboxylic acids is 2. The van der Waals surface area contributed by atoms with Gasteiger partial charge in [-0.05, 0) is 56.0 Å². The van der Waals surface area contributed by atoms with Gasteiger partial charge in [-0.25, -0.2) is 4.79 Å². The van der Waals surface area contributed by atoms with E-state index < -0.39 is 5.97 Å². The quantitative estimate of drug-likeness (QED) is 0.344. The molecule has 0 unspecified atom stereocenters. The zero-order chi connectivity index (χ0) is 20.3. The molecule has 2 aromatic heterocycles. The fourth-order valence-electron chi connectivity index (χ4n) is 3.07. The van der Waals surface area contributed by atoms with Gasteiger partial charge in [0, 0.05) is 28.4 Å². The fraction of sp³-hybridized carbons (Fsp3) is 0.238. The number of nitrogens with two attached hydrogens (primary N) is 1. The number of hydrogen-bond acceptors (Lipinski definition) is 5. The lowest BCUT2D eigenvalue weighted by molar-refractivity contribution is 0.0474. The second-order valence-corrected chi connectivity index (χ2v) is 7.94. The minimum atomic E-state index is -0.608. The summed E-state index contributed by atoms with van der Waals surface area (Å²) in [5.41, 5.74) is 8.71. The second kappa shape index (κ2) is 8.63. The SMILES string of the molecule is Cc1cc(C(=O)COC(=O)c2ccc(Cl)c(N)c2)c(C)n1CCc1cccs1. The molecule has 0 atom stereocenters. The Hall–Kier alpha value is -2.57. The Morgan fingerprint density at radius 2 is 2.00 bits per heavy atom. The first-order valence-electron chi connectivity index (χ1n) is 8.81. The molecule has 2 heterocycles. The molecular weight excluding hydrogens is 396 g/mol. The molecule has 0 spiro atoms. The highest BCUT2D eigenvalue weighted by Crippen LogP contribution is 2.21. The van der Waals surface area contributed by atoms with Gasteiger partial charge in [0.15, 0.2) is 6.61 Å². The topological polar surface area (TPSA) is 74.3 Å². The summed E-state index contributed by atoms with van der Waals surface area (Å²) >= 11 is 7.58. The number of esters is 1. The van der Waals surface area contributed by atoms with Crippen molar-refractivity contribution in [3.05, 3.63) is 74.2 Å². The van der Waals surface area contributed by atoms with E-state index in [2.05, 4.69) is 16.0 Å². The summed E-state index contributed by atoms with van der Waals surface area (Å²) in [6.45, 7) is 4.36. The summed E-state index contributed by atoms with van der Waals surface area (Å²) < 4.78 is 7.29. The number of Topliss-reactive ketones (excluding diaryl/α,β-unsaturated/α-hetero) is 1. The van der Waals surface area contributed by atoms with E-state index >= 15 is 0 Å². The van der Waals surface area contributed by atoms with Crippen molar-refractivity contribution in [1.29, 1.82) is 0 Å². The van der Waals surface area contributed by atoms with Gasteiger partial charge in [-0.15, -0.1) is 11.3 Å². The van der Waals surface area contributed by atoms with E-state index in [4.69, 9.17) is 22.1 Å². The van der Waals surface area contributed by atoms with Crippen LogP contribution in [-0.2, 0) is 17.7 Å². The molecule has 0 bridgehead atoms. The van der Waals surface area contributed by atoms with Crippen LogP contribution in [0.1, 0.15) is 37.0 Å². The molecule has 3 rings (SSSR count). The molecule has 1 aromatic carbocycles. The molecule has 3 aromatic rings. The standard InChI is InChI=1S/C21H21ClN2O3S/c1-13-10-17(14(2)24(13)8-7-16-4-3-9-28-16)20(25)12-27-21(26)15-5-6-18(22)19(23)11-15/h3-6,9-11H,7-8,12,23H2,1-2H3. The Balaban J connectivity index is 1.64. The third-order valence-corrected chi connectivity index (χ3v) is 5.88. The normalized spacial score (nSPS) is 10.8. The second-order valence-electron chi connectivity index (χ2n) is 6.50. The van der Waals surface area contributed by atoms with Gasteiger partial charge in [0.2, 0.25) is 5.78 Å². The lowest BCUT2D eigenvalue weighted by Crippen LogP contribution is -2.15. The maximum absolute atomic E-state index is 12.6. The molecule has 0 saturated heterocycles. The number of ketones is 1. The fourth-order valence-corrected chi connectivity index (χ4v) is 3.88. The van der Waals surface area contributed by atoms with Crippen LogP contribution < -0.4 is 5.73 Å². The van der Waals surface area contributed by atoms with Gasteiger partial charge >= 0.3 is 5.97 Å². The summed E-state index contributed by atoms with van der Waals surface area (Å²) in [7, 11) is 0. The zero-order valence-corrected chi connectivity index (χ0v) is 17.3. The molecule has 0 aliphatic rings. The first-order chi connectivity index (χ1) is 13.4. The number of rotatable bonds is 7. The third-order valence-electron chi connectivity index (χ3n) is 4.60. The summed E-state index contributed by atoms with van der Waals surface area (Å²) in [6.07, 6.45) is 0.911. The van der Waals surface area contributed by atoms with Crippen LogP contribution in [-0.4, -0.2) is 22.9 Å². The summed E-state index contributed by atoms with van der Waals surface area (Å²) in [4.78, 5) is 26.0. The van der Waals surface area contributed by atoms with Crippen molar-refractivity contribution < 1.29 is 14.3 Å². The van der Waals surface area contributed by atoms with E-state index in [-0.39, 0.29) is 23.6 Å². The number of benzene rings is 1. The van der Waals surface area contributed by atoms with Gasteiger partial charge in [-0.2, -0.15) is 0 Å². The van der Waals surface area contributed by atoms with Crippen molar-refractivity contribution in [1.82, 2.24) is 4.57 Å². The molecule has 0 fully saturated rings. The van der Waals surface area contributed by atoms with Crippen LogP contribution >= 0.6 is 22.9 Å². The molecule has 0 aliphatic heterocycles. The molecule has 7 heteroatoms. The minimum Gasteiger partial charge on any atom is -0.454 e. The lowest BCUT2D eigenvalue weighted by Gasteiger charge is -2.09. The molecule has 28 heavy (non-hydrogen) atoms. The number of halogens is 1. The van der Waals surface area contributed by atoms with Gasteiger partial charge in [-0.3, -0.25) is 4.79 Å². The summed E-state index contributed by atoms with van der Waals surface area (Å²) in [6, 6.07) is 10.5. The predicted molar refractivity (Wildman–Crippen MR) is 112 cm³/mol. The van der Waals surface area contributed by atoms with E-state index in [1.807, 2.05) is 26.0 Å². The Morgan fingerprint density at radius 3 is 2.68 bits per heavy atom. The molecule has 0 aliphatic carbocycles. The van der Waals surface area contributed by atoms with Crippen molar-refractivity contribution in [2.45, 2.75) is 26.8 Å². The number of aryl methyl sites for hydroxylation is 2. The van der Waals surface area contributed by atoms with Crippen molar-refractivity contribution >= 4 is 40.4 Å². The average molecular weight is 417 g/mol. The van der Waals surface area contributed by atoms with Crippen LogP contribution in [0.4, 0.5) is 5.69 Å². The van der Waals surface area contributed by atoms with Crippen LogP contribution in [0.3, 0.4) is 0 Å². The van der Waals surface area contributed by atoms with E-state index in [0.29, 0.717) is 10.6 Å². The number of anilines is 1. The highest BCUT2D eigenvalue weighted by molar-refractivity contribution is 7.09. The highest BCUT2D eigenvalue weighted by atomic mass is 35.5. The Morgan fingerprint density at radius 1 is 1.21 bits per heavy atom. The van der Waals surface area contributed by atoms with Crippen molar-refractivity contribution in [2.24, 2.45) is 0 Å². The number of ether oxygens (including phenoxy) is 1. The van der Waals surface area contributed by atoms with Gasteiger partial charge in [-0.1, -0.05) is 17.7 Å². The van der Waals surface area contributed by atoms with Gasteiger partial charge in [0.05, 0.1) is 16.3 Å². The van der Waals surface area contributed by atoms with E-state index in [0.717, 1.165) is 24.4 Å². The number of carbonyl (C=O) groups is 2. The van der Waals surface area contributed by atoms with Crippen LogP contribution in [0.2, 0.25) is 5.02 Å². The first kappa shape index (κ1) is 20.2. The van der Waals surface area contributed by atoms with E-state index in [1.165, 1.54) is 23.1 Å². The maximum Gasteiger partial charge on any atom is 0.338 e. The molecule has 0 radical (unpaired) electrons. The van der Waals surface area contributed by atoms with Gasteiger partial charge in [0.1, 0.15) is 0 Å². The molecule has 2 N–H and O–H groups in total. The number of thiophene rings is 1. The molecule has 0 saturated carbocycles. The van der Waals surface area contributed by atoms with E-state index in [9.17, 15) is 9.59 Å². The zero-order valence-electron chi connectivity index (χ0n) is 15.7. The van der Waals surface area contributed by atoms with Crippen LogP contribution in [0, 0.1) is 13.8 Å².